The van der Waals surface area contributed by atoms with Crippen LogP contribution in [0.25, 0.3) is 0 Å². The first-order valence-electron chi connectivity index (χ1n) is 16.1. The normalized spacial score (nSPS) is 22.3. The molecule has 2 amide bonds. The number of unbranched alkanes of at least 4 members (excludes halogenated alkanes) is 1. The molecule has 0 saturated carbocycles. The maximum absolute atomic E-state index is 12.2. The number of likely N-dealkylation sites (tertiary alicyclic amines) is 1. The molecule has 5 heterocycles. The summed E-state index contributed by atoms with van der Waals surface area (Å²) < 4.78 is 0. The molecule has 1 atom stereocenters. The van der Waals surface area contributed by atoms with Gasteiger partial charge in [-0.2, -0.15) is 0 Å². The predicted octanol–water partition coefficient (Wildman–Crippen LogP) is 4.16. The molecule has 11 heteroatoms. The fourth-order valence-electron chi connectivity index (χ4n) is 6.81. The van der Waals surface area contributed by atoms with E-state index in [0.29, 0.717) is 24.4 Å². The average molecular weight is 644 g/mol. The Morgan fingerprint density at radius 2 is 1.48 bits per heavy atom. The van der Waals surface area contributed by atoms with Gasteiger partial charge < -0.3 is 14.9 Å². The first-order valence-corrected chi connectivity index (χ1v) is 16.5. The van der Waals surface area contributed by atoms with Gasteiger partial charge in [0.1, 0.15) is 5.84 Å². The van der Waals surface area contributed by atoms with Crippen molar-refractivity contribution in [3.05, 3.63) is 88.7 Å². The van der Waals surface area contributed by atoms with Gasteiger partial charge in [0.2, 0.25) is 17.8 Å². The molecule has 1 N–H and O–H groups in total. The van der Waals surface area contributed by atoms with E-state index < -0.39 is 5.72 Å². The SMILES string of the molecule is CC1(C)CC(=O)N(CCCCN2CCN(c3ncccn3)CC2)C(=O)C1.OC1(c2ccc(Cl)cc2)c2ccccc2C2=NCCN21. The molecule has 0 radical (unpaired) electrons. The van der Waals surface area contributed by atoms with Crippen LogP contribution in [0.15, 0.2) is 72.0 Å². The van der Waals surface area contributed by atoms with Gasteiger partial charge in [-0.3, -0.25) is 24.4 Å². The maximum atomic E-state index is 12.2. The second-order valence-corrected chi connectivity index (χ2v) is 13.6. The number of imide groups is 1. The lowest BCUT2D eigenvalue weighted by Crippen LogP contribution is -2.48. The van der Waals surface area contributed by atoms with Crippen molar-refractivity contribution >= 4 is 35.2 Å². The monoisotopic (exact) mass is 643 g/mol. The summed E-state index contributed by atoms with van der Waals surface area (Å²) in [6, 6.07) is 17.1. The van der Waals surface area contributed by atoms with Crippen LogP contribution in [-0.4, -0.2) is 99.8 Å². The number of amidine groups is 1. The summed E-state index contributed by atoms with van der Waals surface area (Å²) in [6.45, 7) is 10.8. The highest BCUT2D eigenvalue weighted by Gasteiger charge is 2.49. The molecule has 46 heavy (non-hydrogen) atoms. The number of aliphatic hydroxyl groups is 1. The predicted molar refractivity (Wildman–Crippen MR) is 179 cm³/mol. The molecule has 2 aromatic carbocycles. The number of benzene rings is 2. The van der Waals surface area contributed by atoms with Crippen molar-refractivity contribution in [1.82, 2.24) is 24.7 Å². The highest BCUT2D eigenvalue weighted by molar-refractivity contribution is 6.30. The van der Waals surface area contributed by atoms with E-state index in [1.807, 2.05) is 73.3 Å². The highest BCUT2D eigenvalue weighted by Crippen LogP contribution is 2.43. The molecule has 10 nitrogen and oxygen atoms in total. The molecular formula is C35H42ClN7O3. The van der Waals surface area contributed by atoms with Crippen LogP contribution >= 0.6 is 11.6 Å². The molecule has 242 valence electrons. The van der Waals surface area contributed by atoms with Crippen molar-refractivity contribution in [2.75, 3.05) is 57.3 Å². The van der Waals surface area contributed by atoms with E-state index in [-0.39, 0.29) is 17.2 Å². The second-order valence-electron chi connectivity index (χ2n) is 13.1. The molecular weight excluding hydrogens is 602 g/mol. The summed E-state index contributed by atoms with van der Waals surface area (Å²) in [4.78, 5) is 45.6. The van der Waals surface area contributed by atoms with Crippen LogP contribution in [0.5, 0.6) is 0 Å². The Hall–Kier alpha value is -3.86. The van der Waals surface area contributed by atoms with Crippen LogP contribution in [-0.2, 0) is 15.3 Å². The van der Waals surface area contributed by atoms with E-state index in [0.717, 1.165) is 87.1 Å². The van der Waals surface area contributed by atoms with E-state index in [4.69, 9.17) is 11.6 Å². The lowest BCUT2D eigenvalue weighted by Gasteiger charge is -2.35. The van der Waals surface area contributed by atoms with Crippen molar-refractivity contribution in [1.29, 1.82) is 0 Å². The van der Waals surface area contributed by atoms with Gasteiger partial charge in [-0.1, -0.05) is 61.8 Å². The second kappa shape index (κ2) is 13.5. The molecule has 0 spiro atoms. The number of hydrogen-bond acceptors (Lipinski definition) is 9. The number of amides is 2. The third-order valence-electron chi connectivity index (χ3n) is 9.20. The molecule has 0 bridgehead atoms. The fraction of sp³-hybridized carbons (Fsp3) is 0.457. The Balaban J connectivity index is 0.000000166. The van der Waals surface area contributed by atoms with Gasteiger partial charge in [0.05, 0.1) is 6.54 Å². The molecule has 7 rings (SSSR count). The Morgan fingerprint density at radius 1 is 0.826 bits per heavy atom. The number of nitrogens with zero attached hydrogens (tertiary/aromatic N) is 7. The van der Waals surface area contributed by atoms with E-state index in [2.05, 4.69) is 24.8 Å². The minimum absolute atomic E-state index is 0.0114. The number of rotatable bonds is 7. The van der Waals surface area contributed by atoms with Gasteiger partial charge >= 0.3 is 0 Å². The van der Waals surface area contributed by atoms with Gasteiger partial charge in [0.15, 0.2) is 5.72 Å². The highest BCUT2D eigenvalue weighted by atomic mass is 35.5. The summed E-state index contributed by atoms with van der Waals surface area (Å²) in [7, 11) is 0. The molecule has 2 saturated heterocycles. The van der Waals surface area contributed by atoms with Crippen molar-refractivity contribution in [2.45, 2.75) is 45.3 Å². The zero-order valence-electron chi connectivity index (χ0n) is 26.6. The van der Waals surface area contributed by atoms with Crippen molar-refractivity contribution in [2.24, 2.45) is 10.4 Å². The molecule has 2 fully saturated rings. The van der Waals surface area contributed by atoms with Gasteiger partial charge in [-0.25, -0.2) is 9.97 Å². The van der Waals surface area contributed by atoms with Crippen LogP contribution in [0, 0.1) is 5.41 Å². The van der Waals surface area contributed by atoms with E-state index in [1.54, 1.807) is 12.4 Å². The minimum Gasteiger partial charge on any atom is -0.363 e. The van der Waals surface area contributed by atoms with Crippen LogP contribution in [0.3, 0.4) is 0 Å². The molecule has 1 unspecified atom stereocenters. The van der Waals surface area contributed by atoms with Gasteiger partial charge in [-0.15, -0.1) is 0 Å². The number of carbonyl (C=O) groups is 2. The lowest BCUT2D eigenvalue weighted by atomic mass is 9.82. The van der Waals surface area contributed by atoms with Crippen LogP contribution in [0.1, 0.15) is 56.2 Å². The van der Waals surface area contributed by atoms with Gasteiger partial charge in [0, 0.05) is 86.2 Å². The zero-order valence-corrected chi connectivity index (χ0v) is 27.4. The van der Waals surface area contributed by atoms with Crippen molar-refractivity contribution in [3.63, 3.8) is 0 Å². The molecule has 4 aliphatic heterocycles. The maximum Gasteiger partial charge on any atom is 0.229 e. The number of fused-ring (bicyclic) bond motifs is 3. The quantitative estimate of drug-likeness (QED) is 0.302. The number of anilines is 1. The third kappa shape index (κ3) is 6.65. The van der Waals surface area contributed by atoms with Crippen LogP contribution in [0.2, 0.25) is 5.02 Å². The van der Waals surface area contributed by atoms with Gasteiger partial charge in [-0.05, 0) is 43.0 Å². The largest absolute Gasteiger partial charge is 0.363 e. The number of halogens is 1. The summed E-state index contributed by atoms with van der Waals surface area (Å²) in [5.41, 5.74) is 1.40. The van der Waals surface area contributed by atoms with Crippen molar-refractivity contribution < 1.29 is 14.7 Å². The topological polar surface area (TPSA) is 105 Å². The number of hydrogen-bond donors (Lipinski definition) is 1. The third-order valence-corrected chi connectivity index (χ3v) is 9.45. The van der Waals surface area contributed by atoms with Crippen molar-refractivity contribution in [3.8, 4) is 0 Å². The summed E-state index contributed by atoms with van der Waals surface area (Å²) >= 11 is 5.96. The number of carbonyl (C=O) groups excluding carboxylic acids is 2. The Kier molecular flexibility index (Phi) is 9.40. The zero-order chi connectivity index (χ0) is 32.3. The number of piperidine rings is 1. The molecule has 4 aliphatic rings. The average Bonchev–Trinajstić information content (AvgIpc) is 3.63. The smallest absolute Gasteiger partial charge is 0.229 e. The van der Waals surface area contributed by atoms with Crippen LogP contribution < -0.4 is 4.90 Å². The fourth-order valence-corrected chi connectivity index (χ4v) is 6.93. The molecule has 0 aliphatic carbocycles. The summed E-state index contributed by atoms with van der Waals surface area (Å²) in [5, 5.41) is 12.0. The summed E-state index contributed by atoms with van der Waals surface area (Å²) in [5.74, 6) is 1.67. The number of aliphatic imine (C=N–C) groups is 1. The lowest BCUT2D eigenvalue weighted by molar-refractivity contribution is -0.152. The van der Waals surface area contributed by atoms with E-state index in [1.165, 1.54) is 4.90 Å². The van der Waals surface area contributed by atoms with Gasteiger partial charge in [0.25, 0.3) is 0 Å². The molecule has 1 aromatic heterocycles. The number of piperazine rings is 1. The summed E-state index contributed by atoms with van der Waals surface area (Å²) in [6.07, 6.45) is 6.38. The Labute approximate surface area is 275 Å². The molecule has 3 aromatic rings. The standard InChI is InChI=1S/C19H29N5O2.C16H13ClN2O/c1-19(2)14-16(25)24(17(26)15-19)9-4-3-8-22-10-12-23(13-11-22)18-20-6-5-7-21-18;17-12-7-5-11(6-8-12)16(20)14-4-2-1-3-13(14)15-18-9-10-19(15)16/h5-7H,3-4,8-15H2,1-2H3;1-8,20H,9-10H2. The minimum atomic E-state index is -1.14. The van der Waals surface area contributed by atoms with E-state index >= 15 is 0 Å². The Morgan fingerprint density at radius 3 is 2.17 bits per heavy atom. The number of aromatic nitrogens is 2. The van der Waals surface area contributed by atoms with Crippen LogP contribution in [0.4, 0.5) is 5.95 Å². The Bertz CT molecular complexity index is 1550. The van der Waals surface area contributed by atoms with E-state index in [9.17, 15) is 14.7 Å². The first kappa shape index (κ1) is 32.1. The first-order chi connectivity index (χ1) is 22.2.